The quantitative estimate of drug-likeness (QED) is 0.602. The summed E-state index contributed by atoms with van der Waals surface area (Å²) < 4.78 is 20.3. The predicted molar refractivity (Wildman–Crippen MR) is 75.6 cm³/mol. The second kappa shape index (κ2) is 7.78. The van der Waals surface area contributed by atoms with Crippen molar-refractivity contribution in [2.24, 2.45) is 0 Å². The fraction of sp³-hybridized carbons (Fsp3) is 0.417. The molecule has 2 rings (SSSR count). The third-order valence-electron chi connectivity index (χ3n) is 2.48. The number of hydrogen-bond donors (Lipinski definition) is 2. The number of rotatable bonds is 6. The van der Waals surface area contributed by atoms with E-state index in [-0.39, 0.29) is 31.7 Å². The van der Waals surface area contributed by atoms with Gasteiger partial charge in [0.2, 0.25) is 12.7 Å². The van der Waals surface area contributed by atoms with Crippen LogP contribution in [0.4, 0.5) is 11.4 Å². The molecule has 0 spiro atoms. The molecule has 1 aliphatic heterocycles. The van der Waals surface area contributed by atoms with Gasteiger partial charge in [-0.2, -0.15) is 0 Å². The number of amides is 1. The van der Waals surface area contributed by atoms with Gasteiger partial charge < -0.3 is 30.0 Å². The van der Waals surface area contributed by atoms with Crippen molar-refractivity contribution >= 4 is 29.7 Å². The second-order valence-corrected chi connectivity index (χ2v) is 3.89. The van der Waals surface area contributed by atoms with Crippen LogP contribution in [0.1, 0.15) is 0 Å². The van der Waals surface area contributed by atoms with Crippen molar-refractivity contribution < 1.29 is 23.7 Å². The number of nitrogens with two attached hydrogens (primary N) is 1. The Bertz CT molecular complexity index is 469. The topological polar surface area (TPSA) is 92.0 Å². The number of hydrogen-bond acceptors (Lipinski definition) is 6. The number of nitrogen functional groups attached to an aromatic ring is 1. The Morgan fingerprint density at radius 3 is 2.75 bits per heavy atom. The molecule has 0 atom stereocenters. The summed E-state index contributed by atoms with van der Waals surface area (Å²) in [6.45, 7) is 0.906. The fourth-order valence-corrected chi connectivity index (χ4v) is 1.56. The molecule has 20 heavy (non-hydrogen) atoms. The van der Waals surface area contributed by atoms with E-state index < -0.39 is 0 Å². The van der Waals surface area contributed by atoms with Gasteiger partial charge in [0.1, 0.15) is 6.61 Å². The summed E-state index contributed by atoms with van der Waals surface area (Å²) in [5, 5.41) is 2.65. The maximum Gasteiger partial charge on any atom is 0.250 e. The molecule has 1 aromatic rings. The first-order chi connectivity index (χ1) is 9.20. The third kappa shape index (κ3) is 4.16. The highest BCUT2D eigenvalue weighted by atomic mass is 35.5. The molecular weight excluding hydrogens is 288 g/mol. The minimum absolute atomic E-state index is 0. The van der Waals surface area contributed by atoms with Gasteiger partial charge in [-0.3, -0.25) is 4.79 Å². The summed E-state index contributed by atoms with van der Waals surface area (Å²) in [4.78, 5) is 11.6. The molecule has 1 aromatic carbocycles. The maximum absolute atomic E-state index is 11.6. The monoisotopic (exact) mass is 304 g/mol. The Labute approximate surface area is 122 Å². The van der Waals surface area contributed by atoms with Crippen LogP contribution < -0.4 is 20.5 Å². The average Bonchev–Trinajstić information content (AvgIpc) is 2.82. The Balaban J connectivity index is 0.00000200. The van der Waals surface area contributed by atoms with Gasteiger partial charge in [0, 0.05) is 19.2 Å². The summed E-state index contributed by atoms with van der Waals surface area (Å²) >= 11 is 0. The molecule has 112 valence electrons. The Kier molecular flexibility index (Phi) is 6.37. The minimum atomic E-state index is -0.290. The Morgan fingerprint density at radius 2 is 2.05 bits per heavy atom. The molecule has 1 heterocycles. The number of carbonyl (C=O) groups is 1. The molecule has 0 saturated heterocycles. The van der Waals surface area contributed by atoms with E-state index in [1.807, 2.05) is 0 Å². The lowest BCUT2D eigenvalue weighted by Gasteiger charge is -2.09. The average molecular weight is 305 g/mol. The molecule has 3 N–H and O–H groups in total. The summed E-state index contributed by atoms with van der Waals surface area (Å²) in [6, 6.07) is 3.24. The van der Waals surface area contributed by atoms with Gasteiger partial charge in [-0.05, 0) is 0 Å². The lowest BCUT2D eigenvalue weighted by molar-refractivity contribution is -0.121. The highest BCUT2D eigenvalue weighted by Crippen LogP contribution is 2.38. The van der Waals surface area contributed by atoms with Crippen LogP contribution >= 0.6 is 12.4 Å². The van der Waals surface area contributed by atoms with Gasteiger partial charge in [-0.1, -0.05) is 0 Å². The summed E-state index contributed by atoms with van der Waals surface area (Å²) in [5.74, 6) is 0.846. The van der Waals surface area contributed by atoms with Crippen LogP contribution in [0.2, 0.25) is 0 Å². The molecule has 0 fully saturated rings. The smallest absolute Gasteiger partial charge is 0.250 e. The number of nitrogens with one attached hydrogen (secondary N) is 1. The van der Waals surface area contributed by atoms with Crippen LogP contribution in [-0.4, -0.2) is 39.6 Å². The van der Waals surface area contributed by atoms with Crippen LogP contribution in [0.5, 0.6) is 11.5 Å². The summed E-state index contributed by atoms with van der Waals surface area (Å²) in [5.41, 5.74) is 6.70. The van der Waals surface area contributed by atoms with E-state index in [9.17, 15) is 4.79 Å². The van der Waals surface area contributed by atoms with Crippen molar-refractivity contribution in [1.82, 2.24) is 0 Å². The van der Waals surface area contributed by atoms with Crippen LogP contribution in [0, 0.1) is 0 Å². The molecule has 7 nitrogen and oxygen atoms in total. The first-order valence-electron chi connectivity index (χ1n) is 5.76. The van der Waals surface area contributed by atoms with Crippen molar-refractivity contribution in [1.29, 1.82) is 0 Å². The highest BCUT2D eigenvalue weighted by molar-refractivity contribution is 5.95. The van der Waals surface area contributed by atoms with Crippen LogP contribution in [0.15, 0.2) is 12.1 Å². The second-order valence-electron chi connectivity index (χ2n) is 3.89. The fourth-order valence-electron chi connectivity index (χ4n) is 1.56. The lowest BCUT2D eigenvalue weighted by atomic mass is 10.2. The molecule has 1 amide bonds. The van der Waals surface area contributed by atoms with Crippen LogP contribution in [0.25, 0.3) is 0 Å². The molecule has 1 aliphatic rings. The number of ether oxygens (including phenoxy) is 4. The first-order valence-corrected chi connectivity index (χ1v) is 5.76. The predicted octanol–water partition coefficient (Wildman–Crippen LogP) is 1.02. The summed E-state index contributed by atoms with van der Waals surface area (Å²) in [6.07, 6.45) is 0. The number of fused-ring (bicyclic) bond motifs is 1. The van der Waals surface area contributed by atoms with Gasteiger partial charge in [0.15, 0.2) is 11.5 Å². The molecule has 8 heteroatoms. The lowest BCUT2D eigenvalue weighted by Crippen LogP contribution is -2.20. The molecular formula is C12H17ClN2O5. The van der Waals surface area contributed by atoms with Gasteiger partial charge in [-0.15, -0.1) is 12.4 Å². The third-order valence-corrected chi connectivity index (χ3v) is 2.48. The number of anilines is 2. The normalized spacial score (nSPS) is 11.8. The standard InChI is InChI=1S/C12H16N2O5.ClH/c1-16-2-3-17-6-12(15)14-9-5-11-10(4-8(9)13)18-7-19-11;/h4-5H,2-3,6-7,13H2,1H3,(H,14,15);1H. The van der Waals surface area contributed by atoms with Gasteiger partial charge >= 0.3 is 0 Å². The largest absolute Gasteiger partial charge is 0.454 e. The maximum atomic E-state index is 11.6. The van der Waals surface area contributed by atoms with Crippen molar-refractivity contribution in [2.75, 3.05) is 44.8 Å². The number of benzene rings is 1. The number of carbonyl (C=O) groups excluding carboxylic acids is 1. The van der Waals surface area contributed by atoms with E-state index in [1.165, 1.54) is 0 Å². The van der Waals surface area contributed by atoms with E-state index in [1.54, 1.807) is 19.2 Å². The Morgan fingerprint density at radius 1 is 1.35 bits per heavy atom. The van der Waals surface area contributed by atoms with E-state index in [2.05, 4.69) is 5.32 Å². The Hall–Kier alpha value is -1.70. The number of methoxy groups -OCH3 is 1. The van der Waals surface area contributed by atoms with E-state index in [0.717, 1.165) is 0 Å². The zero-order chi connectivity index (χ0) is 13.7. The zero-order valence-corrected chi connectivity index (χ0v) is 11.8. The summed E-state index contributed by atoms with van der Waals surface area (Å²) in [7, 11) is 1.57. The highest BCUT2D eigenvalue weighted by Gasteiger charge is 2.17. The minimum Gasteiger partial charge on any atom is -0.454 e. The molecule has 0 saturated carbocycles. The van der Waals surface area contributed by atoms with Gasteiger partial charge in [-0.25, -0.2) is 0 Å². The molecule has 0 radical (unpaired) electrons. The van der Waals surface area contributed by atoms with Gasteiger partial charge in [0.05, 0.1) is 24.6 Å². The van der Waals surface area contributed by atoms with E-state index in [4.69, 9.17) is 24.7 Å². The van der Waals surface area contributed by atoms with Crippen molar-refractivity contribution in [3.8, 4) is 11.5 Å². The zero-order valence-electron chi connectivity index (χ0n) is 11.0. The number of halogens is 1. The van der Waals surface area contributed by atoms with Crippen molar-refractivity contribution in [3.63, 3.8) is 0 Å². The molecule has 0 unspecified atom stereocenters. The molecule has 0 aliphatic carbocycles. The van der Waals surface area contributed by atoms with E-state index >= 15 is 0 Å². The van der Waals surface area contributed by atoms with Crippen LogP contribution in [0.3, 0.4) is 0 Å². The van der Waals surface area contributed by atoms with Gasteiger partial charge in [0.25, 0.3) is 0 Å². The van der Waals surface area contributed by atoms with Crippen LogP contribution in [-0.2, 0) is 14.3 Å². The van der Waals surface area contributed by atoms with Crippen molar-refractivity contribution in [2.45, 2.75) is 0 Å². The molecule has 0 bridgehead atoms. The van der Waals surface area contributed by atoms with E-state index in [0.29, 0.717) is 36.1 Å². The SMILES string of the molecule is COCCOCC(=O)Nc1cc2c(cc1N)OCO2.Cl. The molecule has 0 aromatic heterocycles. The first kappa shape index (κ1) is 16.4. The van der Waals surface area contributed by atoms with Crippen molar-refractivity contribution in [3.05, 3.63) is 12.1 Å².